The van der Waals surface area contributed by atoms with Crippen LogP contribution in [0.15, 0.2) is 73.4 Å². The fourth-order valence-corrected chi connectivity index (χ4v) is 7.81. The minimum absolute atomic E-state index is 0.227. The van der Waals surface area contributed by atoms with Crippen LogP contribution >= 0.6 is 31.9 Å². The molecule has 0 unspecified atom stereocenters. The molecule has 214 valence electrons. The number of para-hydroxylation sites is 1. The summed E-state index contributed by atoms with van der Waals surface area (Å²) in [6.07, 6.45) is 2.58. The van der Waals surface area contributed by atoms with Gasteiger partial charge in [0.05, 0.1) is 35.7 Å². The van der Waals surface area contributed by atoms with Crippen LogP contribution in [0.4, 0.5) is 11.4 Å². The summed E-state index contributed by atoms with van der Waals surface area (Å²) in [7, 11) is -3.69. The maximum Gasteiger partial charge on any atom is 0.296 e. The topological polar surface area (TPSA) is 100 Å². The van der Waals surface area contributed by atoms with E-state index >= 15 is 0 Å². The molecule has 0 aliphatic carbocycles. The number of hydrogen-bond acceptors (Lipinski definition) is 8. The summed E-state index contributed by atoms with van der Waals surface area (Å²) in [5, 5.41) is 7.87. The molecule has 2 aliphatic heterocycles. The highest BCUT2D eigenvalue weighted by Gasteiger charge is 2.31. The number of piperazine rings is 1. The predicted molar refractivity (Wildman–Crippen MR) is 163 cm³/mol. The lowest BCUT2D eigenvalue weighted by Crippen LogP contribution is -2.49. The van der Waals surface area contributed by atoms with E-state index in [9.17, 15) is 13.2 Å². The minimum Gasteiger partial charge on any atom is -0.379 e. The Bertz CT molecular complexity index is 1470. The average molecular weight is 696 g/mol. The zero-order valence-corrected chi connectivity index (χ0v) is 26.0. The molecule has 0 bridgehead atoms. The lowest BCUT2D eigenvalue weighted by Gasteiger charge is -2.36. The van der Waals surface area contributed by atoms with Gasteiger partial charge in [0.25, 0.3) is 5.56 Å². The summed E-state index contributed by atoms with van der Waals surface area (Å²) in [6, 6.07) is 14.5. The van der Waals surface area contributed by atoms with E-state index in [0.717, 1.165) is 39.3 Å². The maximum absolute atomic E-state index is 13.7. The Labute approximate surface area is 251 Å². The van der Waals surface area contributed by atoms with Crippen molar-refractivity contribution in [2.24, 2.45) is 0 Å². The fraction of sp³-hybridized carbons (Fsp3) is 0.407. The van der Waals surface area contributed by atoms with Gasteiger partial charge in [-0.05, 0) is 59.2 Å². The van der Waals surface area contributed by atoms with E-state index in [1.165, 1.54) is 8.99 Å². The van der Waals surface area contributed by atoms with Crippen molar-refractivity contribution in [2.45, 2.75) is 11.3 Å². The first-order chi connectivity index (χ1) is 19.3. The fourth-order valence-electron chi connectivity index (χ4n) is 4.93. The molecule has 2 aliphatic rings. The third-order valence-corrected chi connectivity index (χ3v) is 10.5. The standard InChI is InChI=1S/C27H32Br2N6O4S/c28-21-7-8-23(29)25(19-21)40(37,38)34-13-11-33(12-14-34)24-20-31-35(22-5-2-1-3-6-22)27(36)26(24)30-9-4-10-32-15-17-39-18-16-32/h1-3,5-8,19-20,30H,4,9-18H2. The van der Waals surface area contributed by atoms with Crippen LogP contribution in [0.1, 0.15) is 6.42 Å². The summed E-state index contributed by atoms with van der Waals surface area (Å²) in [5.41, 5.74) is 1.62. The van der Waals surface area contributed by atoms with Crippen molar-refractivity contribution in [1.82, 2.24) is 19.0 Å². The predicted octanol–water partition coefficient (Wildman–Crippen LogP) is 3.40. The average Bonchev–Trinajstić information content (AvgIpc) is 2.98. The molecule has 5 rings (SSSR count). The van der Waals surface area contributed by atoms with Gasteiger partial charge in [0.1, 0.15) is 5.69 Å². The zero-order valence-electron chi connectivity index (χ0n) is 22.0. The summed E-state index contributed by atoms with van der Waals surface area (Å²) in [5.74, 6) is 0. The van der Waals surface area contributed by atoms with Crippen molar-refractivity contribution in [1.29, 1.82) is 0 Å². The number of sulfonamides is 1. The number of benzene rings is 2. The number of nitrogens with zero attached hydrogens (tertiary/aromatic N) is 5. The summed E-state index contributed by atoms with van der Waals surface area (Å²) in [6.45, 7) is 6.35. The molecule has 0 atom stereocenters. The first-order valence-corrected chi connectivity index (χ1v) is 16.3. The first kappa shape index (κ1) is 29.2. The van der Waals surface area contributed by atoms with Crippen LogP contribution < -0.4 is 15.8 Å². The van der Waals surface area contributed by atoms with Crippen molar-refractivity contribution in [3.05, 3.63) is 74.0 Å². The van der Waals surface area contributed by atoms with Crippen molar-refractivity contribution >= 4 is 53.3 Å². The molecule has 1 aromatic heterocycles. The second kappa shape index (κ2) is 13.1. The number of halogens is 2. The molecule has 40 heavy (non-hydrogen) atoms. The number of aromatic nitrogens is 2. The van der Waals surface area contributed by atoms with Crippen LogP contribution in [0.3, 0.4) is 0 Å². The second-order valence-corrected chi connectivity index (χ2v) is 13.3. The van der Waals surface area contributed by atoms with E-state index in [0.29, 0.717) is 58.7 Å². The summed E-state index contributed by atoms with van der Waals surface area (Å²) in [4.78, 5) is 18.3. The minimum atomic E-state index is -3.69. The maximum atomic E-state index is 13.7. The lowest BCUT2D eigenvalue weighted by atomic mass is 10.2. The van der Waals surface area contributed by atoms with Crippen LogP contribution in [0, 0.1) is 0 Å². The van der Waals surface area contributed by atoms with Crippen molar-refractivity contribution in [3.63, 3.8) is 0 Å². The second-order valence-electron chi connectivity index (χ2n) is 9.66. The van der Waals surface area contributed by atoms with Gasteiger partial charge in [-0.1, -0.05) is 34.1 Å². The Morgan fingerprint density at radius 3 is 2.40 bits per heavy atom. The van der Waals surface area contributed by atoms with Crippen LogP contribution in [0.25, 0.3) is 5.69 Å². The van der Waals surface area contributed by atoms with Crippen LogP contribution in [-0.4, -0.2) is 93.0 Å². The van der Waals surface area contributed by atoms with Crippen molar-refractivity contribution in [2.75, 3.05) is 75.8 Å². The van der Waals surface area contributed by atoms with E-state index in [1.807, 2.05) is 35.2 Å². The van der Waals surface area contributed by atoms with Gasteiger partial charge in [0.15, 0.2) is 0 Å². The smallest absolute Gasteiger partial charge is 0.296 e. The molecule has 0 saturated carbocycles. The van der Waals surface area contributed by atoms with E-state index in [4.69, 9.17) is 4.74 Å². The van der Waals surface area contributed by atoms with Crippen LogP contribution in [0.5, 0.6) is 0 Å². The molecular weight excluding hydrogens is 664 g/mol. The highest BCUT2D eigenvalue weighted by Crippen LogP contribution is 2.30. The molecule has 0 amide bonds. The monoisotopic (exact) mass is 694 g/mol. The Morgan fingerprint density at radius 1 is 0.950 bits per heavy atom. The molecule has 2 fully saturated rings. The highest BCUT2D eigenvalue weighted by molar-refractivity contribution is 9.11. The quantitative estimate of drug-likeness (QED) is 0.341. The number of anilines is 2. The van der Waals surface area contributed by atoms with Gasteiger partial charge in [-0.15, -0.1) is 0 Å². The van der Waals surface area contributed by atoms with Gasteiger partial charge in [-0.25, -0.2) is 8.42 Å². The molecule has 3 aromatic rings. The number of nitrogens with one attached hydrogen (secondary N) is 1. The van der Waals surface area contributed by atoms with Gasteiger partial charge in [-0.2, -0.15) is 14.1 Å². The third kappa shape index (κ3) is 6.60. The third-order valence-electron chi connectivity index (χ3n) is 7.11. The molecule has 1 N–H and O–H groups in total. The molecule has 10 nitrogen and oxygen atoms in total. The van der Waals surface area contributed by atoms with Crippen molar-refractivity contribution < 1.29 is 13.2 Å². The normalized spacial score (nSPS) is 17.2. The molecule has 2 aromatic carbocycles. The number of ether oxygens (including phenoxy) is 1. The Morgan fingerprint density at radius 2 is 1.68 bits per heavy atom. The van der Waals surface area contributed by atoms with Gasteiger partial charge >= 0.3 is 0 Å². The summed E-state index contributed by atoms with van der Waals surface area (Å²) < 4.78 is 36.3. The lowest BCUT2D eigenvalue weighted by molar-refractivity contribution is 0.0378. The number of hydrogen-bond donors (Lipinski definition) is 1. The first-order valence-electron chi connectivity index (χ1n) is 13.3. The number of rotatable bonds is 9. The molecule has 0 radical (unpaired) electrons. The van der Waals surface area contributed by atoms with E-state index < -0.39 is 10.0 Å². The van der Waals surface area contributed by atoms with E-state index in [1.54, 1.807) is 24.4 Å². The van der Waals surface area contributed by atoms with Crippen LogP contribution in [-0.2, 0) is 14.8 Å². The zero-order chi connectivity index (χ0) is 28.1. The highest BCUT2D eigenvalue weighted by atomic mass is 79.9. The molecule has 3 heterocycles. The molecule has 13 heteroatoms. The van der Waals surface area contributed by atoms with Gasteiger partial charge in [0.2, 0.25) is 10.0 Å². The Kier molecular flexibility index (Phi) is 9.59. The van der Waals surface area contributed by atoms with Crippen molar-refractivity contribution in [3.8, 4) is 5.69 Å². The van der Waals surface area contributed by atoms with E-state index in [-0.39, 0.29) is 10.5 Å². The summed E-state index contributed by atoms with van der Waals surface area (Å²) >= 11 is 6.75. The van der Waals surface area contributed by atoms with Gasteiger partial charge in [-0.3, -0.25) is 9.69 Å². The van der Waals surface area contributed by atoms with E-state index in [2.05, 4.69) is 47.2 Å². The SMILES string of the molecule is O=c1c(NCCCN2CCOCC2)c(N2CCN(S(=O)(=O)c3cc(Br)ccc3Br)CC2)cnn1-c1ccccc1. The molecule has 0 spiro atoms. The Balaban J connectivity index is 1.34. The molecular formula is C27H32Br2N6O4S. The van der Waals surface area contributed by atoms with Gasteiger partial charge in [0, 0.05) is 54.8 Å². The largest absolute Gasteiger partial charge is 0.379 e. The molecule has 2 saturated heterocycles. The van der Waals surface area contributed by atoms with Gasteiger partial charge < -0.3 is 15.0 Å². The Hall–Kier alpha value is -2.29. The van der Waals surface area contributed by atoms with Crippen LogP contribution in [0.2, 0.25) is 0 Å². The number of morpholine rings is 1.